The first-order chi connectivity index (χ1) is 15.3. The van der Waals surface area contributed by atoms with Gasteiger partial charge in [-0.2, -0.15) is 0 Å². The summed E-state index contributed by atoms with van der Waals surface area (Å²) in [5.74, 6) is -1.23. The Bertz CT molecular complexity index is 1270. The second-order valence-electron chi connectivity index (χ2n) is 7.84. The number of ether oxygens (including phenoxy) is 1. The third-order valence-electron chi connectivity index (χ3n) is 5.32. The highest BCUT2D eigenvalue weighted by Gasteiger charge is 2.42. The van der Waals surface area contributed by atoms with E-state index in [1.807, 2.05) is 13.8 Å². The van der Waals surface area contributed by atoms with E-state index in [0.29, 0.717) is 18.6 Å². The second kappa shape index (κ2) is 8.51. The maximum absolute atomic E-state index is 13.8. The van der Waals surface area contributed by atoms with Gasteiger partial charge in [0.25, 0.3) is 11.6 Å². The summed E-state index contributed by atoms with van der Waals surface area (Å²) >= 11 is 0. The van der Waals surface area contributed by atoms with Crippen molar-refractivity contribution in [3.05, 3.63) is 85.5 Å². The quantitative estimate of drug-likeness (QED) is 0.310. The zero-order valence-corrected chi connectivity index (χ0v) is 17.5. The van der Waals surface area contributed by atoms with E-state index in [-0.39, 0.29) is 40.6 Å². The molecule has 0 unspecified atom stereocenters. The number of amides is 1. The number of carbonyl (C=O) groups excluding carboxylic acids is 1. The molecule has 1 aliphatic heterocycles. The van der Waals surface area contributed by atoms with E-state index in [0.717, 1.165) is 12.1 Å². The molecular formula is C23H21FN2O6. The minimum atomic E-state index is -0.889. The van der Waals surface area contributed by atoms with Crippen LogP contribution in [-0.2, 0) is 4.74 Å². The van der Waals surface area contributed by atoms with Crippen LogP contribution in [0.15, 0.2) is 51.7 Å². The van der Waals surface area contributed by atoms with E-state index in [1.165, 1.54) is 29.2 Å². The Morgan fingerprint density at radius 3 is 2.72 bits per heavy atom. The monoisotopic (exact) mass is 440 g/mol. The molecule has 1 amide bonds. The first kappa shape index (κ1) is 21.6. The largest absolute Gasteiger partial charge is 0.450 e. The first-order valence-electron chi connectivity index (χ1n) is 10.2. The van der Waals surface area contributed by atoms with Gasteiger partial charge >= 0.3 is 0 Å². The van der Waals surface area contributed by atoms with Crippen molar-refractivity contribution in [2.45, 2.75) is 32.4 Å². The molecule has 166 valence electrons. The van der Waals surface area contributed by atoms with Crippen LogP contribution in [0.5, 0.6) is 0 Å². The Labute approximate surface area is 182 Å². The van der Waals surface area contributed by atoms with Crippen molar-refractivity contribution >= 4 is 22.6 Å². The summed E-state index contributed by atoms with van der Waals surface area (Å²) in [5.41, 5.74) is -0.141. The molecular weight excluding hydrogens is 419 g/mol. The average Bonchev–Trinajstić information content (AvgIpc) is 3.04. The topological polar surface area (TPSA) is 103 Å². The molecule has 0 spiro atoms. The van der Waals surface area contributed by atoms with Gasteiger partial charge in [-0.25, -0.2) is 4.39 Å². The standard InChI is InChI=1S/C23H21FN2O6/c1-13(2)31-10-4-9-25-20(14-5-3-6-16(11-14)26(29)30)19-21(27)17-12-15(24)7-8-18(17)32-22(19)23(25)28/h3,5-8,11-13,20H,4,9-10H2,1-2H3/t20-/m1/s1. The number of benzene rings is 2. The van der Waals surface area contributed by atoms with Crippen LogP contribution in [0, 0.1) is 15.9 Å². The molecule has 0 saturated heterocycles. The fourth-order valence-electron chi connectivity index (χ4n) is 3.93. The number of hydrogen-bond acceptors (Lipinski definition) is 6. The number of carbonyl (C=O) groups is 1. The van der Waals surface area contributed by atoms with Crippen LogP contribution in [-0.4, -0.2) is 35.0 Å². The van der Waals surface area contributed by atoms with Gasteiger partial charge in [0.15, 0.2) is 5.43 Å². The lowest BCUT2D eigenvalue weighted by molar-refractivity contribution is -0.384. The maximum Gasteiger partial charge on any atom is 0.290 e. The van der Waals surface area contributed by atoms with Gasteiger partial charge in [-0.05, 0) is 44.0 Å². The molecule has 0 aliphatic carbocycles. The van der Waals surface area contributed by atoms with E-state index in [2.05, 4.69) is 0 Å². The predicted octanol–water partition coefficient (Wildman–Crippen LogP) is 4.20. The van der Waals surface area contributed by atoms with Gasteiger partial charge in [0.05, 0.1) is 28.0 Å². The highest BCUT2D eigenvalue weighted by molar-refractivity contribution is 5.99. The van der Waals surface area contributed by atoms with Crippen molar-refractivity contribution in [3.63, 3.8) is 0 Å². The molecule has 0 radical (unpaired) electrons. The molecule has 1 aliphatic rings. The number of hydrogen-bond donors (Lipinski definition) is 0. The molecule has 2 heterocycles. The third kappa shape index (κ3) is 3.87. The molecule has 4 rings (SSSR count). The molecule has 32 heavy (non-hydrogen) atoms. The van der Waals surface area contributed by atoms with Crippen LogP contribution < -0.4 is 5.43 Å². The first-order valence-corrected chi connectivity index (χ1v) is 10.2. The maximum atomic E-state index is 13.8. The summed E-state index contributed by atoms with van der Waals surface area (Å²) < 4.78 is 25.1. The molecule has 0 saturated carbocycles. The van der Waals surface area contributed by atoms with Crippen molar-refractivity contribution in [1.82, 2.24) is 4.90 Å². The summed E-state index contributed by atoms with van der Waals surface area (Å²) in [6, 6.07) is 8.42. The molecule has 8 nitrogen and oxygen atoms in total. The fraction of sp³-hybridized carbons (Fsp3) is 0.304. The summed E-state index contributed by atoms with van der Waals surface area (Å²) in [6.07, 6.45) is 0.517. The van der Waals surface area contributed by atoms with E-state index in [4.69, 9.17) is 9.15 Å². The molecule has 0 bridgehead atoms. The number of nitro groups is 1. The van der Waals surface area contributed by atoms with E-state index in [9.17, 15) is 24.1 Å². The molecule has 9 heteroatoms. The van der Waals surface area contributed by atoms with Crippen LogP contribution >= 0.6 is 0 Å². The number of halogens is 1. The zero-order valence-electron chi connectivity index (χ0n) is 17.5. The van der Waals surface area contributed by atoms with Crippen molar-refractivity contribution in [1.29, 1.82) is 0 Å². The second-order valence-corrected chi connectivity index (χ2v) is 7.84. The normalized spacial score (nSPS) is 15.6. The SMILES string of the molecule is CC(C)OCCCN1C(=O)c2oc3ccc(F)cc3c(=O)c2[C@H]1c1cccc([N+](=O)[O-])c1. The highest BCUT2D eigenvalue weighted by atomic mass is 19.1. The lowest BCUT2D eigenvalue weighted by Gasteiger charge is -2.25. The van der Waals surface area contributed by atoms with Crippen molar-refractivity contribution in [2.75, 3.05) is 13.2 Å². The Kier molecular flexibility index (Phi) is 5.75. The van der Waals surface area contributed by atoms with Crippen LogP contribution in [0.4, 0.5) is 10.1 Å². The molecule has 2 aromatic carbocycles. The molecule has 0 N–H and O–H groups in total. The van der Waals surface area contributed by atoms with Crippen molar-refractivity contribution in [2.24, 2.45) is 0 Å². The van der Waals surface area contributed by atoms with Crippen molar-refractivity contribution in [3.8, 4) is 0 Å². The minimum Gasteiger partial charge on any atom is -0.450 e. The number of nitro benzene ring substituents is 1. The molecule has 0 fully saturated rings. The summed E-state index contributed by atoms with van der Waals surface area (Å²) in [7, 11) is 0. The van der Waals surface area contributed by atoms with Gasteiger partial charge in [-0.1, -0.05) is 12.1 Å². The van der Waals surface area contributed by atoms with Crippen LogP contribution in [0.2, 0.25) is 0 Å². The van der Waals surface area contributed by atoms with Gasteiger partial charge in [-0.15, -0.1) is 0 Å². The number of nitrogens with zero attached hydrogens (tertiary/aromatic N) is 2. The Balaban J connectivity index is 1.85. The van der Waals surface area contributed by atoms with Gasteiger partial charge in [-0.3, -0.25) is 19.7 Å². The summed E-state index contributed by atoms with van der Waals surface area (Å²) in [6.45, 7) is 4.44. The summed E-state index contributed by atoms with van der Waals surface area (Å²) in [5, 5.41) is 11.3. The fourth-order valence-corrected chi connectivity index (χ4v) is 3.93. The smallest absolute Gasteiger partial charge is 0.290 e. The Morgan fingerprint density at radius 1 is 1.22 bits per heavy atom. The van der Waals surface area contributed by atoms with E-state index in [1.54, 1.807) is 6.07 Å². The molecule has 3 aromatic rings. The minimum absolute atomic E-state index is 0.0111. The Hall–Kier alpha value is -3.59. The lowest BCUT2D eigenvalue weighted by Crippen LogP contribution is -2.31. The Morgan fingerprint density at radius 2 is 2.00 bits per heavy atom. The molecule has 1 atom stereocenters. The number of rotatable bonds is 7. The third-order valence-corrected chi connectivity index (χ3v) is 5.32. The van der Waals surface area contributed by atoms with Gasteiger partial charge in [0, 0.05) is 25.3 Å². The van der Waals surface area contributed by atoms with Gasteiger partial charge in [0.2, 0.25) is 5.76 Å². The van der Waals surface area contributed by atoms with Crippen LogP contribution in [0.3, 0.4) is 0 Å². The lowest BCUT2D eigenvalue weighted by atomic mass is 9.98. The summed E-state index contributed by atoms with van der Waals surface area (Å²) in [4.78, 5) is 38.8. The zero-order chi connectivity index (χ0) is 23.0. The van der Waals surface area contributed by atoms with E-state index < -0.39 is 28.1 Å². The molecule has 1 aromatic heterocycles. The van der Waals surface area contributed by atoms with Crippen LogP contribution in [0.1, 0.15) is 48.0 Å². The van der Waals surface area contributed by atoms with Gasteiger partial charge in [0.1, 0.15) is 11.4 Å². The average molecular weight is 440 g/mol. The number of fused-ring (bicyclic) bond motifs is 2. The predicted molar refractivity (Wildman–Crippen MR) is 114 cm³/mol. The highest BCUT2D eigenvalue weighted by Crippen LogP contribution is 2.39. The van der Waals surface area contributed by atoms with Gasteiger partial charge < -0.3 is 14.1 Å². The van der Waals surface area contributed by atoms with Crippen molar-refractivity contribution < 1.29 is 23.3 Å². The van der Waals surface area contributed by atoms with E-state index >= 15 is 0 Å². The number of non-ortho nitro benzene ring substituents is 1. The van der Waals surface area contributed by atoms with Crippen LogP contribution in [0.25, 0.3) is 11.0 Å².